The number of H-pyrrole nitrogens is 1. The van der Waals surface area contributed by atoms with E-state index in [1.54, 1.807) is 6.07 Å². The minimum Gasteiger partial charge on any atom is -0.305 e. The first-order valence-electron chi connectivity index (χ1n) is 6.72. The van der Waals surface area contributed by atoms with Crippen molar-refractivity contribution in [3.05, 3.63) is 51.8 Å². The van der Waals surface area contributed by atoms with E-state index >= 15 is 0 Å². The lowest BCUT2D eigenvalue weighted by atomic mass is 9.88. The van der Waals surface area contributed by atoms with Gasteiger partial charge in [-0.15, -0.1) is 5.10 Å². The molecule has 2 aromatic heterocycles. The molecule has 0 unspecified atom stereocenters. The molecule has 0 aliphatic heterocycles. The zero-order valence-electron chi connectivity index (χ0n) is 12.3. The zero-order valence-corrected chi connectivity index (χ0v) is 12.3. The summed E-state index contributed by atoms with van der Waals surface area (Å²) in [4.78, 5) is 14.9. The van der Waals surface area contributed by atoms with Gasteiger partial charge in [0.25, 0.3) is 5.56 Å². The second-order valence-electron chi connectivity index (χ2n) is 6.07. The summed E-state index contributed by atoms with van der Waals surface area (Å²) in [5.74, 6) is -2.04. The first kappa shape index (κ1) is 14.4. The number of fused-ring (bicyclic) bond motifs is 1. The van der Waals surface area contributed by atoms with Crippen molar-refractivity contribution in [1.82, 2.24) is 20.0 Å². The maximum Gasteiger partial charge on any atom is 0.253 e. The second-order valence-corrected chi connectivity index (χ2v) is 6.07. The molecule has 0 spiro atoms. The summed E-state index contributed by atoms with van der Waals surface area (Å²) in [7, 11) is 0. The van der Waals surface area contributed by atoms with Gasteiger partial charge in [-0.3, -0.25) is 4.79 Å². The Balaban J connectivity index is 2.28. The Kier molecular flexibility index (Phi) is 3.09. The van der Waals surface area contributed by atoms with Crippen LogP contribution in [-0.2, 0) is 5.41 Å². The molecule has 22 heavy (non-hydrogen) atoms. The number of halogens is 2. The Labute approximate surface area is 124 Å². The summed E-state index contributed by atoms with van der Waals surface area (Å²) in [5.41, 5.74) is 0.403. The monoisotopic (exact) mass is 304 g/mol. The highest BCUT2D eigenvalue weighted by Crippen LogP contribution is 2.23. The third kappa shape index (κ3) is 2.18. The highest BCUT2D eigenvalue weighted by Gasteiger charge is 2.21. The van der Waals surface area contributed by atoms with Gasteiger partial charge in [-0.05, 0) is 23.6 Å². The van der Waals surface area contributed by atoms with Crippen molar-refractivity contribution in [2.75, 3.05) is 0 Å². The number of aromatic amines is 1. The van der Waals surface area contributed by atoms with Crippen LogP contribution in [0.3, 0.4) is 0 Å². The summed E-state index contributed by atoms with van der Waals surface area (Å²) in [5, 5.41) is 7.76. The number of hydrogen-bond acceptors (Lipinski definition) is 3. The molecule has 5 nitrogen and oxygen atoms in total. The van der Waals surface area contributed by atoms with Crippen LogP contribution in [-0.4, -0.2) is 20.0 Å². The molecule has 0 bridgehead atoms. The van der Waals surface area contributed by atoms with Gasteiger partial charge in [-0.25, -0.2) is 8.78 Å². The number of hydrogen-bond donors (Lipinski definition) is 1. The van der Waals surface area contributed by atoms with Gasteiger partial charge < -0.3 is 4.98 Å². The lowest BCUT2D eigenvalue weighted by molar-refractivity contribution is 0.501. The summed E-state index contributed by atoms with van der Waals surface area (Å²) >= 11 is 0. The molecular formula is C15H14F2N4O. The van der Waals surface area contributed by atoms with Crippen molar-refractivity contribution in [2.45, 2.75) is 26.2 Å². The number of pyridine rings is 1. The van der Waals surface area contributed by atoms with Crippen LogP contribution < -0.4 is 5.56 Å². The average molecular weight is 304 g/mol. The summed E-state index contributed by atoms with van der Waals surface area (Å²) < 4.78 is 28.4. The van der Waals surface area contributed by atoms with E-state index in [1.807, 2.05) is 20.8 Å². The largest absolute Gasteiger partial charge is 0.305 e. The van der Waals surface area contributed by atoms with Crippen molar-refractivity contribution in [1.29, 1.82) is 0 Å². The molecule has 3 aromatic rings. The maximum atomic E-state index is 13.9. The number of nitrogens with zero attached hydrogens (tertiary/aromatic N) is 3. The standard InChI is InChI=1S/C15H14F2N4O/c1-15(2,3)8-7-10-13(18-14(8)22)21(20-19-10)11-6-4-5-9(16)12(11)17/h4-7H,1-3H3,(H,18,22). The van der Waals surface area contributed by atoms with Gasteiger partial charge in [0, 0.05) is 5.56 Å². The zero-order chi connectivity index (χ0) is 16.1. The molecule has 0 aliphatic rings. The molecule has 0 saturated carbocycles. The maximum absolute atomic E-state index is 13.9. The topological polar surface area (TPSA) is 63.6 Å². The molecule has 3 rings (SSSR count). The Morgan fingerprint density at radius 1 is 1.23 bits per heavy atom. The minimum atomic E-state index is -1.05. The highest BCUT2D eigenvalue weighted by molar-refractivity contribution is 5.72. The Morgan fingerprint density at radius 2 is 1.95 bits per heavy atom. The van der Waals surface area contributed by atoms with Crippen LogP contribution in [0.5, 0.6) is 0 Å². The van der Waals surface area contributed by atoms with E-state index in [0.29, 0.717) is 11.1 Å². The van der Waals surface area contributed by atoms with Crippen molar-refractivity contribution >= 4 is 11.2 Å². The number of aromatic nitrogens is 4. The Hall–Kier alpha value is -2.57. The summed E-state index contributed by atoms with van der Waals surface area (Å²) in [6.45, 7) is 5.71. The third-order valence-electron chi connectivity index (χ3n) is 3.42. The van der Waals surface area contributed by atoms with Crippen LogP contribution >= 0.6 is 0 Å². The second kappa shape index (κ2) is 4.72. The van der Waals surface area contributed by atoms with E-state index in [9.17, 15) is 13.6 Å². The van der Waals surface area contributed by atoms with Crippen LogP contribution in [0.25, 0.3) is 16.9 Å². The van der Waals surface area contributed by atoms with Crippen LogP contribution in [0.15, 0.2) is 29.1 Å². The molecule has 2 heterocycles. The average Bonchev–Trinajstić information content (AvgIpc) is 2.82. The van der Waals surface area contributed by atoms with Gasteiger partial charge in [0.05, 0.1) is 0 Å². The van der Waals surface area contributed by atoms with Gasteiger partial charge in [0.2, 0.25) is 0 Å². The lowest BCUT2D eigenvalue weighted by Gasteiger charge is -2.17. The van der Waals surface area contributed by atoms with Crippen molar-refractivity contribution in [2.24, 2.45) is 0 Å². The molecule has 0 saturated heterocycles. The van der Waals surface area contributed by atoms with Gasteiger partial charge >= 0.3 is 0 Å². The van der Waals surface area contributed by atoms with E-state index < -0.39 is 11.6 Å². The summed E-state index contributed by atoms with van der Waals surface area (Å²) in [6.07, 6.45) is 0. The van der Waals surface area contributed by atoms with Crippen molar-refractivity contribution in [3.63, 3.8) is 0 Å². The molecule has 0 fully saturated rings. The van der Waals surface area contributed by atoms with E-state index in [4.69, 9.17) is 0 Å². The first-order chi connectivity index (χ1) is 10.3. The lowest BCUT2D eigenvalue weighted by Crippen LogP contribution is -2.24. The van der Waals surface area contributed by atoms with Crippen molar-refractivity contribution < 1.29 is 8.78 Å². The molecule has 0 amide bonds. The Morgan fingerprint density at radius 3 is 2.64 bits per heavy atom. The van der Waals surface area contributed by atoms with Gasteiger partial charge in [0.15, 0.2) is 17.3 Å². The van der Waals surface area contributed by atoms with Crippen LogP contribution in [0.2, 0.25) is 0 Å². The van der Waals surface area contributed by atoms with Gasteiger partial charge in [0.1, 0.15) is 11.2 Å². The predicted molar refractivity (Wildman–Crippen MR) is 78.1 cm³/mol. The molecule has 1 N–H and O–H groups in total. The fourth-order valence-corrected chi connectivity index (χ4v) is 2.27. The van der Waals surface area contributed by atoms with E-state index in [-0.39, 0.29) is 22.3 Å². The normalized spacial score (nSPS) is 12.0. The number of benzene rings is 1. The molecule has 7 heteroatoms. The molecule has 0 aliphatic carbocycles. The van der Waals surface area contributed by atoms with Crippen LogP contribution in [0.4, 0.5) is 8.78 Å². The number of rotatable bonds is 1. The molecule has 114 valence electrons. The Bertz CT molecular complexity index is 921. The predicted octanol–water partition coefficient (Wildman–Crippen LogP) is 2.68. The molecule has 1 aromatic carbocycles. The first-order valence-corrected chi connectivity index (χ1v) is 6.72. The van der Waals surface area contributed by atoms with Gasteiger partial charge in [-0.2, -0.15) is 4.68 Å². The fourth-order valence-electron chi connectivity index (χ4n) is 2.27. The highest BCUT2D eigenvalue weighted by atomic mass is 19.2. The smallest absolute Gasteiger partial charge is 0.253 e. The fraction of sp³-hybridized carbons (Fsp3) is 0.267. The molecule has 0 radical (unpaired) electrons. The van der Waals surface area contributed by atoms with Crippen LogP contribution in [0, 0.1) is 11.6 Å². The third-order valence-corrected chi connectivity index (χ3v) is 3.42. The van der Waals surface area contributed by atoms with E-state index in [1.165, 1.54) is 12.1 Å². The molecular weight excluding hydrogens is 290 g/mol. The van der Waals surface area contributed by atoms with Crippen LogP contribution in [0.1, 0.15) is 26.3 Å². The number of nitrogens with one attached hydrogen (secondary N) is 1. The summed E-state index contributed by atoms with van der Waals surface area (Å²) in [6, 6.07) is 5.36. The van der Waals surface area contributed by atoms with Crippen molar-refractivity contribution in [3.8, 4) is 5.69 Å². The SMILES string of the molecule is CC(C)(C)c1cc2nnn(-c3cccc(F)c3F)c2[nH]c1=O. The molecule has 0 atom stereocenters. The van der Waals surface area contributed by atoms with E-state index in [0.717, 1.165) is 10.7 Å². The van der Waals surface area contributed by atoms with E-state index in [2.05, 4.69) is 15.3 Å². The quantitative estimate of drug-likeness (QED) is 0.752. The van der Waals surface area contributed by atoms with Gasteiger partial charge in [-0.1, -0.05) is 32.1 Å². The minimum absolute atomic E-state index is 0.110.